The van der Waals surface area contributed by atoms with Crippen LogP contribution < -0.4 is 4.74 Å². The van der Waals surface area contributed by atoms with E-state index in [1.54, 1.807) is 11.6 Å². The smallest absolute Gasteiger partial charge is 0.352 e. The predicted octanol–water partition coefficient (Wildman–Crippen LogP) is 1.23. The van der Waals surface area contributed by atoms with Crippen LogP contribution in [0.15, 0.2) is 0 Å². The van der Waals surface area contributed by atoms with Crippen LogP contribution in [0.4, 0.5) is 5.69 Å². The van der Waals surface area contributed by atoms with Crippen molar-refractivity contribution in [3.63, 3.8) is 0 Å². The second-order valence-electron chi connectivity index (χ2n) is 5.05. The summed E-state index contributed by atoms with van der Waals surface area (Å²) >= 11 is 0. The number of epoxide rings is 1. The van der Waals surface area contributed by atoms with Crippen molar-refractivity contribution < 1.29 is 19.1 Å². The molecule has 8 nitrogen and oxygen atoms in total. The zero-order valence-electron chi connectivity index (χ0n) is 11.3. The lowest BCUT2D eigenvalue weighted by atomic mass is 10.1. The van der Waals surface area contributed by atoms with Crippen LogP contribution >= 0.6 is 0 Å². The van der Waals surface area contributed by atoms with Gasteiger partial charge in [-0.2, -0.15) is 0 Å². The SMILES string of the molecule is Cc1c([N+](=O)[O-])c(OCC2CO2)nn1C1CCOCC1. The fraction of sp³-hybridized carbons (Fsp3) is 0.750. The van der Waals surface area contributed by atoms with Gasteiger partial charge in [0.25, 0.3) is 0 Å². The van der Waals surface area contributed by atoms with Crippen LogP contribution in [0.25, 0.3) is 0 Å². The van der Waals surface area contributed by atoms with Crippen LogP contribution in [0.2, 0.25) is 0 Å². The van der Waals surface area contributed by atoms with E-state index in [1.807, 2.05) is 0 Å². The van der Waals surface area contributed by atoms with Gasteiger partial charge >= 0.3 is 11.6 Å². The summed E-state index contributed by atoms with van der Waals surface area (Å²) in [5, 5.41) is 15.5. The number of nitro groups is 1. The van der Waals surface area contributed by atoms with Gasteiger partial charge in [0.15, 0.2) is 0 Å². The summed E-state index contributed by atoms with van der Waals surface area (Å²) < 4.78 is 17.5. The summed E-state index contributed by atoms with van der Waals surface area (Å²) in [6, 6.07) is 0.136. The number of nitrogens with zero attached hydrogens (tertiary/aromatic N) is 3. The molecule has 8 heteroatoms. The standard InChI is InChI=1S/C12H17N3O5/c1-8-11(15(16)17)12(20-7-10-6-19-10)13-14(8)9-2-4-18-5-3-9/h9-10H,2-7H2,1H3. The van der Waals surface area contributed by atoms with E-state index in [4.69, 9.17) is 14.2 Å². The lowest BCUT2D eigenvalue weighted by Crippen LogP contribution is -2.21. The summed E-state index contributed by atoms with van der Waals surface area (Å²) in [6.07, 6.45) is 1.67. The van der Waals surface area contributed by atoms with Gasteiger partial charge in [0.05, 0.1) is 17.6 Å². The Balaban J connectivity index is 1.85. The van der Waals surface area contributed by atoms with E-state index in [0.717, 1.165) is 12.8 Å². The van der Waals surface area contributed by atoms with Crippen molar-refractivity contribution in [2.24, 2.45) is 0 Å². The minimum atomic E-state index is -0.429. The molecule has 1 aromatic heterocycles. The average Bonchev–Trinajstić information content (AvgIpc) is 3.20. The topological polar surface area (TPSA) is 92.0 Å². The highest BCUT2D eigenvalue weighted by Gasteiger charge is 2.32. The lowest BCUT2D eigenvalue weighted by molar-refractivity contribution is -0.386. The van der Waals surface area contributed by atoms with Gasteiger partial charge in [-0.25, -0.2) is 0 Å². The molecule has 0 aliphatic carbocycles. The van der Waals surface area contributed by atoms with Gasteiger partial charge in [-0.1, -0.05) is 0 Å². The third kappa shape index (κ3) is 2.61. The summed E-state index contributed by atoms with van der Waals surface area (Å²) in [7, 11) is 0. The molecule has 2 aliphatic heterocycles. The first-order valence-corrected chi connectivity index (χ1v) is 6.72. The Kier molecular flexibility index (Phi) is 3.58. The third-order valence-electron chi connectivity index (χ3n) is 3.62. The number of hydrogen-bond donors (Lipinski definition) is 0. The molecule has 0 radical (unpaired) electrons. The number of hydrogen-bond acceptors (Lipinski definition) is 6. The quantitative estimate of drug-likeness (QED) is 0.458. The van der Waals surface area contributed by atoms with Crippen LogP contribution in [-0.4, -0.2) is 47.2 Å². The van der Waals surface area contributed by atoms with E-state index in [2.05, 4.69) is 5.10 Å². The normalized spacial score (nSPS) is 22.8. The van der Waals surface area contributed by atoms with Crippen LogP contribution in [0, 0.1) is 17.0 Å². The summed E-state index contributed by atoms with van der Waals surface area (Å²) in [4.78, 5) is 10.8. The van der Waals surface area contributed by atoms with E-state index < -0.39 is 4.92 Å². The van der Waals surface area contributed by atoms with Gasteiger partial charge in [0, 0.05) is 13.2 Å². The van der Waals surface area contributed by atoms with Crippen LogP contribution in [0.5, 0.6) is 5.88 Å². The fourth-order valence-electron chi connectivity index (χ4n) is 2.41. The second-order valence-corrected chi connectivity index (χ2v) is 5.05. The van der Waals surface area contributed by atoms with Gasteiger partial charge in [0.2, 0.25) is 0 Å². The van der Waals surface area contributed by atoms with E-state index >= 15 is 0 Å². The van der Waals surface area contributed by atoms with Gasteiger partial charge in [-0.05, 0) is 19.8 Å². The molecule has 0 saturated carbocycles. The molecule has 2 aliphatic rings. The van der Waals surface area contributed by atoms with Crippen LogP contribution in [0.3, 0.4) is 0 Å². The molecule has 0 bridgehead atoms. The Labute approximate surface area is 115 Å². The molecule has 3 heterocycles. The molecular weight excluding hydrogens is 266 g/mol. The molecule has 3 rings (SSSR count). The maximum atomic E-state index is 11.2. The molecule has 1 unspecified atom stereocenters. The van der Waals surface area contributed by atoms with Crippen molar-refractivity contribution in [2.45, 2.75) is 31.9 Å². The largest absolute Gasteiger partial charge is 0.469 e. The molecule has 1 aromatic rings. The minimum Gasteiger partial charge on any atom is -0.469 e. The zero-order valence-corrected chi connectivity index (χ0v) is 11.3. The van der Waals surface area contributed by atoms with Crippen molar-refractivity contribution in [2.75, 3.05) is 26.4 Å². The van der Waals surface area contributed by atoms with Gasteiger partial charge in [-0.15, -0.1) is 5.10 Å². The van der Waals surface area contributed by atoms with Gasteiger partial charge in [-0.3, -0.25) is 14.8 Å². The summed E-state index contributed by atoms with van der Waals surface area (Å²) in [5.74, 6) is 0.0921. The molecule has 1 atom stereocenters. The Bertz CT molecular complexity index is 505. The maximum absolute atomic E-state index is 11.2. The monoisotopic (exact) mass is 283 g/mol. The first-order valence-electron chi connectivity index (χ1n) is 6.72. The van der Waals surface area contributed by atoms with E-state index in [1.165, 1.54) is 0 Å². The molecule has 110 valence electrons. The summed E-state index contributed by atoms with van der Waals surface area (Å²) in [6.45, 7) is 3.98. The Hall–Kier alpha value is -1.67. The highest BCUT2D eigenvalue weighted by molar-refractivity contribution is 5.45. The molecule has 0 N–H and O–H groups in total. The third-order valence-corrected chi connectivity index (χ3v) is 3.62. The molecular formula is C12H17N3O5. The Morgan fingerprint density at radius 3 is 2.80 bits per heavy atom. The van der Waals surface area contributed by atoms with Crippen molar-refractivity contribution in [3.8, 4) is 5.88 Å². The van der Waals surface area contributed by atoms with E-state index in [-0.39, 0.29) is 23.7 Å². The highest BCUT2D eigenvalue weighted by Crippen LogP contribution is 2.34. The van der Waals surface area contributed by atoms with E-state index in [0.29, 0.717) is 32.1 Å². The molecule has 2 saturated heterocycles. The van der Waals surface area contributed by atoms with Crippen LogP contribution in [0.1, 0.15) is 24.6 Å². The maximum Gasteiger partial charge on any atom is 0.352 e. The van der Waals surface area contributed by atoms with E-state index in [9.17, 15) is 10.1 Å². The van der Waals surface area contributed by atoms with Crippen molar-refractivity contribution >= 4 is 5.69 Å². The fourth-order valence-corrected chi connectivity index (χ4v) is 2.41. The minimum absolute atomic E-state index is 0.0443. The van der Waals surface area contributed by atoms with Crippen molar-refractivity contribution in [3.05, 3.63) is 15.8 Å². The molecule has 20 heavy (non-hydrogen) atoms. The molecule has 0 aromatic carbocycles. The molecule has 0 amide bonds. The molecule has 0 spiro atoms. The summed E-state index contributed by atoms with van der Waals surface area (Å²) in [5.41, 5.74) is 0.491. The number of ether oxygens (including phenoxy) is 3. The molecule has 2 fully saturated rings. The first kappa shape index (κ1) is 13.3. The number of aromatic nitrogens is 2. The zero-order chi connectivity index (χ0) is 14.1. The Morgan fingerprint density at radius 1 is 1.50 bits per heavy atom. The first-order chi connectivity index (χ1) is 9.66. The van der Waals surface area contributed by atoms with Crippen molar-refractivity contribution in [1.82, 2.24) is 9.78 Å². The van der Waals surface area contributed by atoms with Crippen molar-refractivity contribution in [1.29, 1.82) is 0 Å². The second kappa shape index (κ2) is 5.37. The predicted molar refractivity (Wildman–Crippen MR) is 67.9 cm³/mol. The number of rotatable bonds is 5. The van der Waals surface area contributed by atoms with Gasteiger partial charge in [0.1, 0.15) is 18.4 Å². The Morgan fingerprint density at radius 2 is 2.20 bits per heavy atom. The van der Waals surface area contributed by atoms with Gasteiger partial charge < -0.3 is 14.2 Å². The van der Waals surface area contributed by atoms with Crippen LogP contribution in [-0.2, 0) is 9.47 Å². The average molecular weight is 283 g/mol. The lowest BCUT2D eigenvalue weighted by Gasteiger charge is -2.22. The highest BCUT2D eigenvalue weighted by atomic mass is 16.6.